The summed E-state index contributed by atoms with van der Waals surface area (Å²) in [7, 11) is 0. The summed E-state index contributed by atoms with van der Waals surface area (Å²) in [4.78, 5) is 60.7. The third kappa shape index (κ3) is 10.2. The fraction of sp³-hybridized carbons (Fsp3) is 0.282. The molecule has 49 heavy (non-hydrogen) atoms. The van der Waals surface area contributed by atoms with E-state index in [1.807, 2.05) is 72.8 Å². The molecular weight excluding hydrogens is 624 g/mol. The smallest absolute Gasteiger partial charge is 0.418 e. The zero-order valence-electron chi connectivity index (χ0n) is 28.5. The number of nitrogens with zero attached hydrogens (tertiary/aromatic N) is 2. The molecule has 0 heterocycles. The number of hydrogen-bond donors (Lipinski definition) is 0. The lowest BCUT2D eigenvalue weighted by Gasteiger charge is -2.22. The van der Waals surface area contributed by atoms with E-state index in [9.17, 15) is 19.2 Å². The van der Waals surface area contributed by atoms with Crippen molar-refractivity contribution in [2.45, 2.75) is 72.0 Å². The van der Waals surface area contributed by atoms with Gasteiger partial charge in [-0.2, -0.15) is 0 Å². The number of oxime groups is 2. The van der Waals surface area contributed by atoms with Crippen LogP contribution in [0.1, 0.15) is 91.8 Å². The van der Waals surface area contributed by atoms with Crippen LogP contribution in [0.3, 0.4) is 0 Å². The van der Waals surface area contributed by atoms with Gasteiger partial charge in [-0.05, 0) is 83.1 Å². The predicted octanol–water partition coefficient (Wildman–Crippen LogP) is 8.58. The van der Waals surface area contributed by atoms with Crippen LogP contribution >= 0.6 is 0 Å². The minimum absolute atomic E-state index is 0.357. The first-order chi connectivity index (χ1) is 23.2. The van der Waals surface area contributed by atoms with Crippen molar-refractivity contribution in [1.82, 2.24) is 0 Å². The van der Waals surface area contributed by atoms with Crippen LogP contribution in [0.4, 0.5) is 9.59 Å². The maximum atomic E-state index is 13.2. The van der Waals surface area contributed by atoms with Gasteiger partial charge in [-0.25, -0.2) is 9.59 Å². The fourth-order valence-electron chi connectivity index (χ4n) is 4.90. The zero-order valence-corrected chi connectivity index (χ0v) is 28.5. The van der Waals surface area contributed by atoms with Crippen molar-refractivity contribution in [2.24, 2.45) is 10.3 Å². The summed E-state index contributed by atoms with van der Waals surface area (Å²) in [6.07, 6.45) is 6.15. The molecule has 4 rings (SSSR count). The largest absolute Gasteiger partial charge is 0.536 e. The average Bonchev–Trinajstić information content (AvgIpc) is 3.10. The molecular formula is C39H40N2O8. The molecule has 0 saturated carbocycles. The Morgan fingerprint density at radius 2 is 1.08 bits per heavy atom. The third-order valence-corrected chi connectivity index (χ3v) is 7.73. The second kappa shape index (κ2) is 16.0. The van der Waals surface area contributed by atoms with E-state index in [0.29, 0.717) is 29.0 Å². The second-order valence-electron chi connectivity index (χ2n) is 12.5. The summed E-state index contributed by atoms with van der Waals surface area (Å²) in [6.45, 7) is 9.37. The minimum Gasteiger partial charge on any atom is -0.418 e. The maximum Gasteiger partial charge on any atom is 0.536 e. The molecule has 0 amide bonds. The predicted molar refractivity (Wildman–Crippen MR) is 186 cm³/mol. The SMILES string of the molecule is C/C(=N\OC(=O)OC(C)(C)C(=O)c1ccc(Cc2ccc(C(=O)C(C)(C)OC(=O)O/N=C(\C)c3ccccc3)cc2)cc1)C1=CCCC=C1. The van der Waals surface area contributed by atoms with Crippen LogP contribution in [0.2, 0.25) is 0 Å². The number of ketones is 2. The molecule has 3 aromatic carbocycles. The number of Topliss-reactive ketones (excluding diaryl/α,β-unsaturated/α-hetero) is 2. The molecule has 0 N–H and O–H groups in total. The zero-order chi connectivity index (χ0) is 35.6. The highest BCUT2D eigenvalue weighted by Crippen LogP contribution is 2.22. The van der Waals surface area contributed by atoms with Crippen molar-refractivity contribution in [1.29, 1.82) is 0 Å². The van der Waals surface area contributed by atoms with E-state index in [1.165, 1.54) is 27.7 Å². The van der Waals surface area contributed by atoms with Crippen molar-refractivity contribution >= 4 is 35.3 Å². The Bertz CT molecular complexity index is 1800. The molecule has 0 unspecified atom stereocenters. The van der Waals surface area contributed by atoms with Gasteiger partial charge in [0.25, 0.3) is 0 Å². The van der Waals surface area contributed by atoms with Gasteiger partial charge in [0.1, 0.15) is 0 Å². The number of carbonyl (C=O) groups excluding carboxylic acids is 4. The maximum absolute atomic E-state index is 13.2. The second-order valence-corrected chi connectivity index (χ2v) is 12.5. The molecule has 1 aliphatic carbocycles. The average molecular weight is 665 g/mol. The first-order valence-electron chi connectivity index (χ1n) is 15.8. The topological polar surface area (TPSA) is 130 Å². The monoisotopic (exact) mass is 664 g/mol. The van der Waals surface area contributed by atoms with Gasteiger partial charge in [-0.1, -0.05) is 107 Å². The van der Waals surface area contributed by atoms with Crippen LogP contribution in [0.5, 0.6) is 0 Å². The highest BCUT2D eigenvalue weighted by molar-refractivity contribution is 6.04. The molecule has 1 aliphatic rings. The lowest BCUT2D eigenvalue weighted by atomic mass is 9.93. The molecule has 3 aromatic rings. The van der Waals surface area contributed by atoms with Gasteiger partial charge in [0.15, 0.2) is 11.2 Å². The molecule has 10 heteroatoms. The van der Waals surface area contributed by atoms with Crippen LogP contribution in [-0.2, 0) is 25.6 Å². The van der Waals surface area contributed by atoms with Crippen molar-refractivity contribution < 1.29 is 38.3 Å². The lowest BCUT2D eigenvalue weighted by molar-refractivity contribution is -0.00750. The van der Waals surface area contributed by atoms with Gasteiger partial charge in [0.2, 0.25) is 11.6 Å². The number of rotatable bonds is 12. The van der Waals surface area contributed by atoms with Gasteiger partial charge in [0, 0.05) is 11.1 Å². The van der Waals surface area contributed by atoms with E-state index in [1.54, 1.807) is 38.1 Å². The normalized spacial score (nSPS) is 13.6. The van der Waals surface area contributed by atoms with Gasteiger partial charge in [0.05, 0.1) is 11.4 Å². The van der Waals surface area contributed by atoms with Crippen molar-refractivity contribution in [3.05, 3.63) is 130 Å². The first-order valence-corrected chi connectivity index (χ1v) is 15.8. The van der Waals surface area contributed by atoms with Crippen LogP contribution in [-0.4, -0.2) is 46.5 Å². The highest BCUT2D eigenvalue weighted by atomic mass is 16.8. The standard InChI is InChI=1S/C39H40N2O8/c1-26(30-13-9-7-10-14-30)40-48-36(44)46-38(3,4)34(42)32-21-17-28(18-22-32)25-29-19-23-33(24-20-29)35(43)39(5,6)47-37(45)49-41-27(2)31-15-11-8-12-16-31/h7,9-11,13-24H,8,12,25H2,1-6H3/b40-26+,41-27+. The van der Waals surface area contributed by atoms with Crippen LogP contribution in [0, 0.1) is 0 Å². The van der Waals surface area contributed by atoms with Crippen LogP contribution in [0.25, 0.3) is 0 Å². The van der Waals surface area contributed by atoms with E-state index in [0.717, 1.165) is 35.1 Å². The Labute approximate surface area is 286 Å². The third-order valence-electron chi connectivity index (χ3n) is 7.73. The number of hydrogen-bond acceptors (Lipinski definition) is 10. The summed E-state index contributed by atoms with van der Waals surface area (Å²) in [5.41, 5.74) is 2.24. The van der Waals surface area contributed by atoms with E-state index < -0.39 is 35.1 Å². The van der Waals surface area contributed by atoms with E-state index >= 15 is 0 Å². The van der Waals surface area contributed by atoms with Crippen LogP contribution < -0.4 is 0 Å². The first kappa shape index (κ1) is 36.2. The summed E-state index contributed by atoms with van der Waals surface area (Å²) < 4.78 is 10.6. The van der Waals surface area contributed by atoms with Gasteiger partial charge < -0.3 is 9.47 Å². The minimum atomic E-state index is -1.50. The molecule has 0 radical (unpaired) electrons. The van der Waals surface area contributed by atoms with Gasteiger partial charge in [-0.15, -0.1) is 0 Å². The molecule has 0 aliphatic heterocycles. The molecule has 0 fully saturated rings. The molecule has 0 saturated heterocycles. The number of allylic oxidation sites excluding steroid dienone is 4. The quantitative estimate of drug-likeness (QED) is 0.0619. The Morgan fingerprint density at radius 3 is 1.53 bits per heavy atom. The lowest BCUT2D eigenvalue weighted by Crippen LogP contribution is -2.37. The van der Waals surface area contributed by atoms with Crippen molar-refractivity contribution in [3.63, 3.8) is 0 Å². The molecule has 10 nitrogen and oxygen atoms in total. The fourth-order valence-corrected chi connectivity index (χ4v) is 4.90. The number of carbonyl (C=O) groups is 4. The Hall–Kier alpha value is -5.64. The summed E-state index contributed by atoms with van der Waals surface area (Å²) in [6, 6.07) is 23.1. The Morgan fingerprint density at radius 1 is 0.612 bits per heavy atom. The van der Waals surface area contributed by atoms with Crippen molar-refractivity contribution in [3.8, 4) is 0 Å². The Balaban J connectivity index is 1.29. The van der Waals surface area contributed by atoms with E-state index in [4.69, 9.17) is 19.1 Å². The molecule has 0 atom stereocenters. The number of benzene rings is 3. The molecule has 254 valence electrons. The number of ether oxygens (including phenoxy) is 2. The highest BCUT2D eigenvalue weighted by Gasteiger charge is 2.35. The van der Waals surface area contributed by atoms with Crippen molar-refractivity contribution in [2.75, 3.05) is 0 Å². The molecule has 0 aromatic heterocycles. The van der Waals surface area contributed by atoms with Gasteiger partial charge in [-0.3, -0.25) is 19.3 Å². The van der Waals surface area contributed by atoms with Gasteiger partial charge >= 0.3 is 12.3 Å². The summed E-state index contributed by atoms with van der Waals surface area (Å²) in [5.74, 6) is -0.804. The summed E-state index contributed by atoms with van der Waals surface area (Å²) >= 11 is 0. The van der Waals surface area contributed by atoms with E-state index in [2.05, 4.69) is 10.3 Å². The molecule has 0 spiro atoms. The molecule has 0 bridgehead atoms. The van der Waals surface area contributed by atoms with Crippen LogP contribution in [0.15, 0.2) is 113 Å². The summed E-state index contributed by atoms with van der Waals surface area (Å²) in [5, 5.41) is 7.64. The Kier molecular flexibility index (Phi) is 11.8. The van der Waals surface area contributed by atoms with E-state index in [-0.39, 0.29) is 0 Å².